The Hall–Kier alpha value is -2.82. The van der Waals surface area contributed by atoms with E-state index >= 15 is 0 Å². The van der Waals surface area contributed by atoms with Crippen LogP contribution in [0.3, 0.4) is 0 Å². The molecule has 5 nitrogen and oxygen atoms in total. The zero-order valence-corrected chi connectivity index (χ0v) is 11.6. The second kappa shape index (κ2) is 5.66. The molecule has 0 aliphatic heterocycles. The minimum absolute atomic E-state index is 0.112. The van der Waals surface area contributed by atoms with E-state index in [2.05, 4.69) is 20.8 Å². The highest BCUT2D eigenvalue weighted by molar-refractivity contribution is 6.01. The summed E-state index contributed by atoms with van der Waals surface area (Å²) in [5.74, 6) is 0. The molecular formula is C16H16N4O. The predicted octanol–water partition coefficient (Wildman–Crippen LogP) is 3.45. The molecule has 0 radical (unpaired) electrons. The fourth-order valence-electron chi connectivity index (χ4n) is 2.27. The zero-order valence-electron chi connectivity index (χ0n) is 11.6. The third-order valence-corrected chi connectivity index (χ3v) is 3.40. The minimum Gasteiger partial charge on any atom is -0.331 e. The van der Waals surface area contributed by atoms with Crippen molar-refractivity contribution in [1.82, 2.24) is 15.5 Å². The molecule has 0 fully saturated rings. The number of aromatic amines is 1. The Labute approximate surface area is 122 Å². The molecule has 5 heteroatoms. The van der Waals surface area contributed by atoms with E-state index in [-0.39, 0.29) is 12.1 Å². The molecule has 0 unspecified atom stereocenters. The topological polar surface area (TPSA) is 69.8 Å². The van der Waals surface area contributed by atoms with Gasteiger partial charge in [0, 0.05) is 17.1 Å². The number of carbonyl (C=O) groups is 1. The molecule has 3 rings (SSSR count). The number of nitrogens with zero attached hydrogens (tertiary/aromatic N) is 1. The number of rotatable bonds is 3. The molecule has 0 aliphatic rings. The van der Waals surface area contributed by atoms with Crippen molar-refractivity contribution in [2.24, 2.45) is 0 Å². The number of hydrogen-bond donors (Lipinski definition) is 3. The van der Waals surface area contributed by atoms with Crippen LogP contribution in [0, 0.1) is 0 Å². The Morgan fingerprint density at radius 3 is 2.81 bits per heavy atom. The van der Waals surface area contributed by atoms with Crippen LogP contribution in [-0.2, 0) is 0 Å². The van der Waals surface area contributed by atoms with Gasteiger partial charge in [0.15, 0.2) is 0 Å². The molecule has 1 heterocycles. The number of fused-ring (bicyclic) bond motifs is 1. The Bertz CT molecular complexity index is 747. The van der Waals surface area contributed by atoms with E-state index in [4.69, 9.17) is 0 Å². The van der Waals surface area contributed by atoms with Gasteiger partial charge in [0.25, 0.3) is 0 Å². The zero-order chi connectivity index (χ0) is 14.7. The minimum atomic E-state index is -0.236. The summed E-state index contributed by atoms with van der Waals surface area (Å²) < 4.78 is 0. The van der Waals surface area contributed by atoms with Crippen LogP contribution in [0.5, 0.6) is 0 Å². The first kappa shape index (κ1) is 13.2. The molecule has 0 aliphatic carbocycles. The molecule has 2 amide bonds. The molecule has 21 heavy (non-hydrogen) atoms. The van der Waals surface area contributed by atoms with Crippen LogP contribution in [0.15, 0.2) is 54.9 Å². The first-order valence-electron chi connectivity index (χ1n) is 6.78. The lowest BCUT2D eigenvalue weighted by molar-refractivity contribution is 0.249. The summed E-state index contributed by atoms with van der Waals surface area (Å²) in [6, 6.07) is 13.4. The van der Waals surface area contributed by atoms with Crippen molar-refractivity contribution in [3.05, 3.63) is 60.4 Å². The number of amides is 2. The maximum Gasteiger partial charge on any atom is 0.319 e. The molecule has 2 aromatic carbocycles. The summed E-state index contributed by atoms with van der Waals surface area (Å²) in [4.78, 5) is 12.1. The standard InChI is InChI=1S/C16H16N4O/c1-11(13-9-17-18-10-13)19-16(21)20-15-8-4-6-12-5-2-3-7-14(12)15/h2-11H,1H3,(H,17,18)(H2,19,20,21)/t11-/m0/s1. The number of nitrogens with one attached hydrogen (secondary N) is 3. The van der Waals surface area contributed by atoms with Gasteiger partial charge < -0.3 is 10.6 Å². The fourth-order valence-corrected chi connectivity index (χ4v) is 2.27. The Balaban J connectivity index is 1.75. The highest BCUT2D eigenvalue weighted by Gasteiger charge is 2.11. The summed E-state index contributed by atoms with van der Waals surface area (Å²) in [6.45, 7) is 1.91. The maximum atomic E-state index is 12.1. The molecule has 0 saturated carbocycles. The number of anilines is 1. The van der Waals surface area contributed by atoms with Crippen molar-refractivity contribution in [2.75, 3.05) is 5.32 Å². The number of H-pyrrole nitrogens is 1. The first-order chi connectivity index (χ1) is 10.2. The fraction of sp³-hybridized carbons (Fsp3) is 0.125. The van der Waals surface area contributed by atoms with Gasteiger partial charge in [-0.25, -0.2) is 4.79 Å². The highest BCUT2D eigenvalue weighted by Crippen LogP contribution is 2.23. The Kier molecular flexibility index (Phi) is 3.55. The smallest absolute Gasteiger partial charge is 0.319 e. The molecule has 3 aromatic rings. The lowest BCUT2D eigenvalue weighted by Crippen LogP contribution is -2.31. The SMILES string of the molecule is C[C@H](NC(=O)Nc1cccc2ccccc12)c1cn[nH]c1. The molecule has 1 aromatic heterocycles. The van der Waals surface area contributed by atoms with Crippen LogP contribution in [0.2, 0.25) is 0 Å². The molecular weight excluding hydrogens is 264 g/mol. The van der Waals surface area contributed by atoms with Gasteiger partial charge in [-0.1, -0.05) is 36.4 Å². The quantitative estimate of drug-likeness (QED) is 0.687. The molecule has 1 atom stereocenters. The molecule has 0 saturated heterocycles. The van der Waals surface area contributed by atoms with Gasteiger partial charge in [0.1, 0.15) is 0 Å². The van der Waals surface area contributed by atoms with Crippen molar-refractivity contribution in [2.45, 2.75) is 13.0 Å². The normalized spacial score (nSPS) is 12.0. The van der Waals surface area contributed by atoms with E-state index in [1.807, 2.05) is 49.4 Å². The van der Waals surface area contributed by atoms with Gasteiger partial charge in [-0.3, -0.25) is 5.10 Å². The van der Waals surface area contributed by atoms with Crippen molar-refractivity contribution >= 4 is 22.5 Å². The van der Waals surface area contributed by atoms with E-state index in [9.17, 15) is 4.79 Å². The largest absolute Gasteiger partial charge is 0.331 e. The van der Waals surface area contributed by atoms with E-state index < -0.39 is 0 Å². The third kappa shape index (κ3) is 2.86. The Morgan fingerprint density at radius 1 is 1.19 bits per heavy atom. The summed E-state index contributed by atoms with van der Waals surface area (Å²) >= 11 is 0. The predicted molar refractivity (Wildman–Crippen MR) is 83.1 cm³/mol. The summed E-state index contributed by atoms with van der Waals surface area (Å²) in [7, 11) is 0. The third-order valence-electron chi connectivity index (χ3n) is 3.40. The second-order valence-corrected chi connectivity index (χ2v) is 4.88. The average molecular weight is 280 g/mol. The summed E-state index contributed by atoms with van der Waals surface area (Å²) in [5, 5.41) is 14.5. The van der Waals surface area contributed by atoms with E-state index in [1.54, 1.807) is 12.4 Å². The second-order valence-electron chi connectivity index (χ2n) is 4.88. The van der Waals surface area contributed by atoms with E-state index in [0.29, 0.717) is 0 Å². The van der Waals surface area contributed by atoms with Gasteiger partial charge in [-0.05, 0) is 18.4 Å². The number of hydrogen-bond acceptors (Lipinski definition) is 2. The van der Waals surface area contributed by atoms with E-state index in [0.717, 1.165) is 22.0 Å². The van der Waals surface area contributed by atoms with Gasteiger partial charge >= 0.3 is 6.03 Å². The van der Waals surface area contributed by atoms with Gasteiger partial charge in [-0.2, -0.15) is 5.10 Å². The highest BCUT2D eigenvalue weighted by atomic mass is 16.2. The first-order valence-corrected chi connectivity index (χ1v) is 6.78. The molecule has 0 bridgehead atoms. The van der Waals surface area contributed by atoms with Gasteiger partial charge in [0.05, 0.1) is 17.9 Å². The number of carbonyl (C=O) groups excluding carboxylic acids is 1. The molecule has 106 valence electrons. The van der Waals surface area contributed by atoms with Crippen LogP contribution >= 0.6 is 0 Å². The van der Waals surface area contributed by atoms with Crippen molar-refractivity contribution in [3.8, 4) is 0 Å². The van der Waals surface area contributed by atoms with Crippen LogP contribution in [0.25, 0.3) is 10.8 Å². The summed E-state index contributed by atoms with van der Waals surface area (Å²) in [5.41, 5.74) is 1.73. The lowest BCUT2D eigenvalue weighted by Gasteiger charge is -2.14. The van der Waals surface area contributed by atoms with Crippen molar-refractivity contribution < 1.29 is 4.79 Å². The van der Waals surface area contributed by atoms with Crippen LogP contribution in [0.4, 0.5) is 10.5 Å². The molecule has 0 spiro atoms. The maximum absolute atomic E-state index is 12.1. The number of benzene rings is 2. The average Bonchev–Trinajstić information content (AvgIpc) is 3.02. The monoisotopic (exact) mass is 280 g/mol. The van der Waals surface area contributed by atoms with Crippen LogP contribution in [0.1, 0.15) is 18.5 Å². The summed E-state index contributed by atoms with van der Waals surface area (Å²) in [6.07, 6.45) is 3.46. The van der Waals surface area contributed by atoms with Crippen LogP contribution in [-0.4, -0.2) is 16.2 Å². The Morgan fingerprint density at radius 2 is 2.00 bits per heavy atom. The van der Waals surface area contributed by atoms with Crippen LogP contribution < -0.4 is 10.6 Å². The van der Waals surface area contributed by atoms with Crippen molar-refractivity contribution in [1.29, 1.82) is 0 Å². The molecule has 3 N–H and O–H groups in total. The van der Waals surface area contributed by atoms with Gasteiger partial charge in [-0.15, -0.1) is 0 Å². The van der Waals surface area contributed by atoms with Crippen molar-refractivity contribution in [3.63, 3.8) is 0 Å². The number of urea groups is 1. The lowest BCUT2D eigenvalue weighted by atomic mass is 10.1. The van der Waals surface area contributed by atoms with Gasteiger partial charge in [0.2, 0.25) is 0 Å². The van der Waals surface area contributed by atoms with E-state index in [1.165, 1.54) is 0 Å². The number of aromatic nitrogens is 2.